The summed E-state index contributed by atoms with van der Waals surface area (Å²) in [6, 6.07) is 14.2. The van der Waals surface area contributed by atoms with Gasteiger partial charge in [-0.1, -0.05) is 42.5 Å². The Bertz CT molecular complexity index is 963. The summed E-state index contributed by atoms with van der Waals surface area (Å²) in [4.78, 5) is 48.0. The molecule has 4 amide bonds. The third-order valence-electron chi connectivity index (χ3n) is 5.16. The van der Waals surface area contributed by atoms with Gasteiger partial charge in [-0.05, 0) is 36.1 Å². The quantitative estimate of drug-likeness (QED) is 0.277. The number of phenols is 1. The fraction of sp³-hybridized carbons (Fsp3) is 0.360. The van der Waals surface area contributed by atoms with E-state index in [1.54, 1.807) is 12.1 Å². The summed E-state index contributed by atoms with van der Waals surface area (Å²) in [5.74, 6) is -1.41. The van der Waals surface area contributed by atoms with Gasteiger partial charge in [-0.25, -0.2) is 0 Å². The molecule has 0 aromatic heterocycles. The predicted molar refractivity (Wildman–Crippen MR) is 128 cm³/mol. The highest BCUT2D eigenvalue weighted by Gasteiger charge is 2.20. The average Bonchev–Trinajstić information content (AvgIpc) is 2.79. The van der Waals surface area contributed by atoms with Crippen molar-refractivity contribution in [2.24, 2.45) is 5.73 Å². The van der Waals surface area contributed by atoms with Crippen LogP contribution in [0.25, 0.3) is 0 Å². The largest absolute Gasteiger partial charge is 0.508 e. The molecule has 9 heteroatoms. The molecular formula is C25H32N4O5. The summed E-state index contributed by atoms with van der Waals surface area (Å²) in [6.45, 7) is 1.67. The van der Waals surface area contributed by atoms with Gasteiger partial charge in [0, 0.05) is 32.7 Å². The topological polar surface area (TPSA) is 151 Å². The molecule has 34 heavy (non-hydrogen) atoms. The number of benzene rings is 2. The van der Waals surface area contributed by atoms with Crippen molar-refractivity contribution in [1.82, 2.24) is 16.0 Å². The summed E-state index contributed by atoms with van der Waals surface area (Å²) >= 11 is 0. The van der Waals surface area contributed by atoms with Crippen LogP contribution >= 0.6 is 0 Å². The molecule has 2 unspecified atom stereocenters. The highest BCUT2D eigenvalue weighted by Crippen LogP contribution is 2.11. The van der Waals surface area contributed by atoms with Crippen LogP contribution in [0, 0.1) is 0 Å². The molecule has 0 saturated carbocycles. The molecule has 0 saturated heterocycles. The molecule has 2 aromatic rings. The van der Waals surface area contributed by atoms with Crippen LogP contribution in [0.3, 0.4) is 0 Å². The van der Waals surface area contributed by atoms with Gasteiger partial charge in [0.15, 0.2) is 0 Å². The van der Waals surface area contributed by atoms with Crippen molar-refractivity contribution in [3.8, 4) is 5.75 Å². The summed E-state index contributed by atoms with van der Waals surface area (Å²) in [6.07, 6.45) is 1.85. The lowest BCUT2D eigenvalue weighted by atomic mass is 10.0. The number of carbonyl (C=O) groups is 4. The van der Waals surface area contributed by atoms with Crippen LogP contribution < -0.4 is 21.7 Å². The van der Waals surface area contributed by atoms with Gasteiger partial charge < -0.3 is 26.8 Å². The van der Waals surface area contributed by atoms with E-state index in [0.717, 1.165) is 11.1 Å². The lowest BCUT2D eigenvalue weighted by Gasteiger charge is -2.18. The van der Waals surface area contributed by atoms with Crippen molar-refractivity contribution in [3.05, 3.63) is 65.7 Å². The minimum atomic E-state index is -0.784. The van der Waals surface area contributed by atoms with Gasteiger partial charge in [0.05, 0.1) is 0 Å². The summed E-state index contributed by atoms with van der Waals surface area (Å²) < 4.78 is 0. The highest BCUT2D eigenvalue weighted by molar-refractivity contribution is 5.87. The SMILES string of the molecule is CC(=O)NC(Cc1ccc(O)cc1)C(=O)NCCCCC(=O)NC(Cc1ccccc1)C(N)=O. The van der Waals surface area contributed by atoms with Crippen molar-refractivity contribution in [2.45, 2.75) is 51.1 Å². The number of amides is 4. The molecule has 0 aliphatic rings. The number of nitrogens with one attached hydrogen (secondary N) is 3. The molecule has 2 atom stereocenters. The van der Waals surface area contributed by atoms with E-state index in [2.05, 4.69) is 16.0 Å². The highest BCUT2D eigenvalue weighted by atomic mass is 16.3. The van der Waals surface area contributed by atoms with Crippen LogP contribution in [-0.4, -0.2) is 47.4 Å². The summed E-state index contributed by atoms with van der Waals surface area (Å²) in [7, 11) is 0. The van der Waals surface area contributed by atoms with Crippen molar-refractivity contribution in [3.63, 3.8) is 0 Å². The van der Waals surface area contributed by atoms with E-state index in [1.165, 1.54) is 19.1 Å². The fourth-order valence-corrected chi connectivity index (χ4v) is 3.41. The second-order valence-corrected chi connectivity index (χ2v) is 8.08. The van der Waals surface area contributed by atoms with Gasteiger partial charge in [0.1, 0.15) is 17.8 Å². The Morgan fingerprint density at radius 1 is 0.853 bits per heavy atom. The Labute approximate surface area is 199 Å². The Morgan fingerprint density at radius 3 is 2.09 bits per heavy atom. The molecule has 9 nitrogen and oxygen atoms in total. The van der Waals surface area contributed by atoms with Crippen molar-refractivity contribution < 1.29 is 24.3 Å². The van der Waals surface area contributed by atoms with Crippen molar-refractivity contribution >= 4 is 23.6 Å². The lowest BCUT2D eigenvalue weighted by Crippen LogP contribution is -2.47. The number of hydrogen-bond donors (Lipinski definition) is 5. The summed E-state index contributed by atoms with van der Waals surface area (Å²) in [5.41, 5.74) is 7.12. The third kappa shape index (κ3) is 9.72. The van der Waals surface area contributed by atoms with E-state index in [0.29, 0.717) is 25.8 Å². The standard InChI is InChI=1S/C25H32N4O5/c1-17(30)28-22(16-19-10-12-20(31)13-11-19)25(34)27-14-6-5-9-23(32)29-21(24(26)33)15-18-7-3-2-4-8-18/h2-4,7-8,10-13,21-22,31H,5-6,9,14-16H2,1H3,(H2,26,33)(H,27,34)(H,28,30)(H,29,32). The molecular weight excluding hydrogens is 436 g/mol. The first-order valence-electron chi connectivity index (χ1n) is 11.2. The Kier molecular flexibility index (Phi) is 10.6. The first-order valence-corrected chi connectivity index (χ1v) is 11.2. The minimum Gasteiger partial charge on any atom is -0.508 e. The monoisotopic (exact) mass is 468 g/mol. The molecule has 0 bridgehead atoms. The molecule has 0 radical (unpaired) electrons. The van der Waals surface area contributed by atoms with Crippen LogP contribution in [0.15, 0.2) is 54.6 Å². The third-order valence-corrected chi connectivity index (χ3v) is 5.16. The van der Waals surface area contributed by atoms with Crippen LogP contribution in [-0.2, 0) is 32.0 Å². The van der Waals surface area contributed by atoms with Crippen LogP contribution in [0.2, 0.25) is 0 Å². The number of rotatable bonds is 13. The molecule has 0 aliphatic carbocycles. The van der Waals surface area contributed by atoms with Gasteiger partial charge >= 0.3 is 0 Å². The maximum Gasteiger partial charge on any atom is 0.242 e. The molecule has 0 fully saturated rings. The second kappa shape index (κ2) is 13.6. The van der Waals surface area contributed by atoms with Crippen LogP contribution in [0.4, 0.5) is 0 Å². The molecule has 0 aliphatic heterocycles. The zero-order chi connectivity index (χ0) is 24.9. The number of aromatic hydroxyl groups is 1. The van der Waals surface area contributed by atoms with E-state index < -0.39 is 18.0 Å². The van der Waals surface area contributed by atoms with Gasteiger partial charge in [0.2, 0.25) is 23.6 Å². The zero-order valence-corrected chi connectivity index (χ0v) is 19.3. The van der Waals surface area contributed by atoms with Gasteiger partial charge in [-0.2, -0.15) is 0 Å². The normalized spacial score (nSPS) is 12.3. The van der Waals surface area contributed by atoms with E-state index in [9.17, 15) is 24.3 Å². The predicted octanol–water partition coefficient (Wildman–Crippen LogP) is 0.939. The number of unbranched alkanes of at least 4 members (excludes halogenated alkanes) is 1. The molecule has 182 valence electrons. The first-order chi connectivity index (χ1) is 16.2. The maximum absolute atomic E-state index is 12.5. The van der Waals surface area contributed by atoms with Crippen LogP contribution in [0.1, 0.15) is 37.3 Å². The molecule has 0 spiro atoms. The molecule has 2 rings (SSSR count). The average molecular weight is 469 g/mol. The van der Waals surface area contributed by atoms with Crippen LogP contribution in [0.5, 0.6) is 5.75 Å². The van der Waals surface area contributed by atoms with Gasteiger partial charge in [-0.3, -0.25) is 19.2 Å². The van der Waals surface area contributed by atoms with E-state index in [4.69, 9.17) is 5.73 Å². The second-order valence-electron chi connectivity index (χ2n) is 8.08. The summed E-state index contributed by atoms with van der Waals surface area (Å²) in [5, 5.41) is 17.5. The van der Waals surface area contributed by atoms with E-state index in [1.807, 2.05) is 30.3 Å². The molecule has 2 aromatic carbocycles. The lowest BCUT2D eigenvalue weighted by molar-refractivity contribution is -0.128. The number of primary amides is 1. The molecule has 0 heterocycles. The Hall–Kier alpha value is -3.88. The smallest absolute Gasteiger partial charge is 0.242 e. The number of nitrogens with two attached hydrogens (primary N) is 1. The first kappa shape index (κ1) is 26.4. The Morgan fingerprint density at radius 2 is 1.47 bits per heavy atom. The zero-order valence-electron chi connectivity index (χ0n) is 19.3. The number of hydrogen-bond acceptors (Lipinski definition) is 5. The van der Waals surface area contributed by atoms with E-state index in [-0.39, 0.29) is 36.3 Å². The maximum atomic E-state index is 12.5. The molecule has 6 N–H and O–H groups in total. The fourth-order valence-electron chi connectivity index (χ4n) is 3.41. The number of carbonyl (C=O) groups excluding carboxylic acids is 4. The number of phenolic OH excluding ortho intramolecular Hbond substituents is 1. The van der Waals surface area contributed by atoms with Crippen molar-refractivity contribution in [2.75, 3.05) is 6.54 Å². The minimum absolute atomic E-state index is 0.121. The van der Waals surface area contributed by atoms with Gasteiger partial charge in [0.25, 0.3) is 0 Å². The van der Waals surface area contributed by atoms with Gasteiger partial charge in [-0.15, -0.1) is 0 Å². The Balaban J connectivity index is 1.74. The van der Waals surface area contributed by atoms with Crippen molar-refractivity contribution in [1.29, 1.82) is 0 Å². The van der Waals surface area contributed by atoms with E-state index >= 15 is 0 Å².